The van der Waals surface area contributed by atoms with Crippen LogP contribution in [0.25, 0.3) is 0 Å². The molecule has 4 heteroatoms. The molecule has 0 unspecified atom stereocenters. The highest BCUT2D eigenvalue weighted by molar-refractivity contribution is 5.65. The summed E-state index contributed by atoms with van der Waals surface area (Å²) in [5.41, 5.74) is 1.34. The van der Waals surface area contributed by atoms with E-state index in [1.54, 1.807) is 0 Å². The van der Waals surface area contributed by atoms with Crippen molar-refractivity contribution in [2.75, 3.05) is 19.7 Å². The molecule has 1 saturated carbocycles. The van der Waals surface area contributed by atoms with Crippen LogP contribution in [0.4, 0.5) is 4.79 Å². The van der Waals surface area contributed by atoms with Crippen LogP contribution in [-0.4, -0.2) is 35.8 Å². The van der Waals surface area contributed by atoms with Crippen LogP contribution in [0, 0.1) is 5.92 Å². The number of rotatable bonds is 4. The zero-order chi connectivity index (χ0) is 14.7. The van der Waals surface area contributed by atoms with Gasteiger partial charge in [-0.25, -0.2) is 4.79 Å². The average Bonchev–Trinajstić information content (AvgIpc) is 3.17. The Labute approximate surface area is 125 Å². The summed E-state index contributed by atoms with van der Waals surface area (Å²) in [5.74, 6) is 1.95. The summed E-state index contributed by atoms with van der Waals surface area (Å²) >= 11 is 0. The van der Waals surface area contributed by atoms with Gasteiger partial charge in [0.1, 0.15) is 5.75 Å². The second kappa shape index (κ2) is 6.37. The van der Waals surface area contributed by atoms with Gasteiger partial charge in [0, 0.05) is 19.0 Å². The summed E-state index contributed by atoms with van der Waals surface area (Å²) in [6.45, 7) is 1.85. The lowest BCUT2D eigenvalue weighted by molar-refractivity contribution is 0.151. The highest BCUT2D eigenvalue weighted by Gasteiger charge is 2.27. The van der Waals surface area contributed by atoms with E-state index in [4.69, 9.17) is 9.84 Å². The van der Waals surface area contributed by atoms with Gasteiger partial charge in [-0.2, -0.15) is 0 Å². The van der Waals surface area contributed by atoms with Crippen molar-refractivity contribution < 1.29 is 14.6 Å². The van der Waals surface area contributed by atoms with Gasteiger partial charge in [-0.1, -0.05) is 31.0 Å². The van der Waals surface area contributed by atoms with Crippen LogP contribution in [0.3, 0.4) is 0 Å². The molecule has 0 bridgehead atoms. The molecular formula is C17H23NO3. The molecule has 1 aliphatic carbocycles. The highest BCUT2D eigenvalue weighted by atomic mass is 16.5. The van der Waals surface area contributed by atoms with Crippen molar-refractivity contribution in [3.63, 3.8) is 0 Å². The monoisotopic (exact) mass is 289 g/mol. The largest absolute Gasteiger partial charge is 0.493 e. The molecular weight excluding hydrogens is 266 g/mol. The maximum absolute atomic E-state index is 10.9. The summed E-state index contributed by atoms with van der Waals surface area (Å²) in [6.07, 6.45) is 5.24. The van der Waals surface area contributed by atoms with Gasteiger partial charge in [0.25, 0.3) is 0 Å². The lowest BCUT2D eigenvalue weighted by Crippen LogP contribution is -2.27. The number of nitrogens with zero attached hydrogens (tertiary/aromatic N) is 1. The number of carbonyl (C=O) groups is 1. The fraction of sp³-hybridized carbons (Fsp3) is 0.588. The maximum atomic E-state index is 10.9. The Balaban J connectivity index is 1.59. The Bertz CT molecular complexity index is 497. The zero-order valence-electron chi connectivity index (χ0n) is 12.3. The molecule has 0 spiro atoms. The van der Waals surface area contributed by atoms with Crippen LogP contribution in [-0.2, 0) is 0 Å². The molecule has 4 nitrogen and oxygen atoms in total. The summed E-state index contributed by atoms with van der Waals surface area (Å²) in [5, 5.41) is 8.99. The molecule has 2 fully saturated rings. The zero-order valence-corrected chi connectivity index (χ0v) is 12.3. The highest BCUT2D eigenvalue weighted by Crippen LogP contribution is 2.38. The van der Waals surface area contributed by atoms with E-state index in [9.17, 15) is 4.79 Å². The van der Waals surface area contributed by atoms with Crippen LogP contribution in [0.5, 0.6) is 5.75 Å². The summed E-state index contributed by atoms with van der Waals surface area (Å²) in [6, 6.07) is 8.34. The fourth-order valence-corrected chi connectivity index (χ4v) is 3.54. The third-order valence-corrected chi connectivity index (χ3v) is 4.74. The van der Waals surface area contributed by atoms with Gasteiger partial charge in [-0.05, 0) is 36.8 Å². The molecule has 1 aliphatic heterocycles. The third kappa shape index (κ3) is 3.31. The molecule has 1 saturated heterocycles. The Morgan fingerprint density at radius 2 is 2.00 bits per heavy atom. The van der Waals surface area contributed by atoms with Crippen LogP contribution < -0.4 is 4.74 Å². The smallest absolute Gasteiger partial charge is 0.407 e. The fourth-order valence-electron chi connectivity index (χ4n) is 3.54. The molecule has 1 atom stereocenters. The molecule has 114 valence electrons. The molecule has 3 rings (SSSR count). The predicted octanol–water partition coefficient (Wildman–Crippen LogP) is 3.72. The molecule has 1 amide bonds. The normalized spacial score (nSPS) is 22.7. The van der Waals surface area contributed by atoms with Gasteiger partial charge < -0.3 is 14.7 Å². The van der Waals surface area contributed by atoms with Crippen LogP contribution in [0.1, 0.15) is 43.6 Å². The van der Waals surface area contributed by atoms with Crippen molar-refractivity contribution in [2.24, 2.45) is 5.92 Å². The topological polar surface area (TPSA) is 49.8 Å². The van der Waals surface area contributed by atoms with Crippen molar-refractivity contribution >= 4 is 6.09 Å². The average molecular weight is 289 g/mol. The quantitative estimate of drug-likeness (QED) is 0.919. The summed E-state index contributed by atoms with van der Waals surface area (Å²) in [7, 11) is 0. The van der Waals surface area contributed by atoms with Crippen molar-refractivity contribution in [1.82, 2.24) is 4.90 Å². The lowest BCUT2D eigenvalue weighted by Gasteiger charge is -2.18. The van der Waals surface area contributed by atoms with E-state index in [1.165, 1.54) is 36.1 Å². The van der Waals surface area contributed by atoms with Gasteiger partial charge in [0.05, 0.1) is 6.61 Å². The van der Waals surface area contributed by atoms with Crippen LogP contribution in [0.2, 0.25) is 0 Å². The maximum Gasteiger partial charge on any atom is 0.407 e. The number of likely N-dealkylation sites (tertiary alicyclic amines) is 1. The molecule has 2 aliphatic rings. The Morgan fingerprint density at radius 3 is 2.71 bits per heavy atom. The molecule has 1 heterocycles. The first-order valence-electron chi connectivity index (χ1n) is 7.93. The van der Waals surface area contributed by atoms with E-state index in [-0.39, 0.29) is 0 Å². The van der Waals surface area contributed by atoms with Gasteiger partial charge in [-0.3, -0.25) is 0 Å². The SMILES string of the molecule is O=C(O)N1CC[C@H](COc2ccccc2C2CCCC2)C1. The Hall–Kier alpha value is -1.71. The second-order valence-corrected chi connectivity index (χ2v) is 6.21. The van der Waals surface area contributed by atoms with E-state index in [0.29, 0.717) is 31.5 Å². The lowest BCUT2D eigenvalue weighted by atomic mass is 9.97. The minimum absolute atomic E-state index is 0.317. The first kappa shape index (κ1) is 14.2. The second-order valence-electron chi connectivity index (χ2n) is 6.21. The van der Waals surface area contributed by atoms with E-state index in [2.05, 4.69) is 18.2 Å². The van der Waals surface area contributed by atoms with E-state index >= 15 is 0 Å². The van der Waals surface area contributed by atoms with Gasteiger partial charge in [0.2, 0.25) is 0 Å². The van der Waals surface area contributed by atoms with Crippen molar-refractivity contribution in [2.45, 2.75) is 38.0 Å². The minimum atomic E-state index is -0.816. The van der Waals surface area contributed by atoms with Crippen LogP contribution >= 0.6 is 0 Å². The summed E-state index contributed by atoms with van der Waals surface area (Å²) in [4.78, 5) is 12.4. The van der Waals surface area contributed by atoms with Crippen LogP contribution in [0.15, 0.2) is 24.3 Å². The number of hydrogen-bond donors (Lipinski definition) is 1. The molecule has 0 radical (unpaired) electrons. The van der Waals surface area contributed by atoms with Gasteiger partial charge >= 0.3 is 6.09 Å². The first-order valence-corrected chi connectivity index (χ1v) is 7.93. The van der Waals surface area contributed by atoms with Crippen molar-refractivity contribution in [3.8, 4) is 5.75 Å². The minimum Gasteiger partial charge on any atom is -0.493 e. The molecule has 1 aromatic carbocycles. The van der Waals surface area contributed by atoms with E-state index < -0.39 is 6.09 Å². The predicted molar refractivity (Wildman–Crippen MR) is 80.9 cm³/mol. The Morgan fingerprint density at radius 1 is 1.24 bits per heavy atom. The van der Waals surface area contributed by atoms with Gasteiger partial charge in [-0.15, -0.1) is 0 Å². The van der Waals surface area contributed by atoms with Crippen molar-refractivity contribution in [1.29, 1.82) is 0 Å². The summed E-state index contributed by atoms with van der Waals surface area (Å²) < 4.78 is 6.04. The van der Waals surface area contributed by atoms with E-state index in [0.717, 1.165) is 12.2 Å². The third-order valence-electron chi connectivity index (χ3n) is 4.74. The number of amides is 1. The molecule has 1 aromatic rings. The molecule has 0 aromatic heterocycles. The Kier molecular flexibility index (Phi) is 4.32. The molecule has 21 heavy (non-hydrogen) atoms. The standard InChI is InChI=1S/C17H23NO3/c19-17(20)18-10-9-13(11-18)12-21-16-8-4-3-7-15(16)14-5-1-2-6-14/h3-4,7-8,13-14H,1-2,5-6,9-12H2,(H,19,20)/t13-/m0/s1. The number of hydrogen-bond acceptors (Lipinski definition) is 2. The number of carboxylic acid groups (broad SMARTS) is 1. The first-order chi connectivity index (χ1) is 10.2. The van der Waals surface area contributed by atoms with Gasteiger partial charge in [0.15, 0.2) is 0 Å². The number of ether oxygens (including phenoxy) is 1. The van der Waals surface area contributed by atoms with E-state index in [1.807, 2.05) is 6.07 Å². The number of para-hydroxylation sites is 1. The number of benzene rings is 1. The van der Waals surface area contributed by atoms with Crippen molar-refractivity contribution in [3.05, 3.63) is 29.8 Å². The molecule has 1 N–H and O–H groups in total.